The van der Waals surface area contributed by atoms with Gasteiger partial charge in [0.05, 0.1) is 0 Å². The summed E-state index contributed by atoms with van der Waals surface area (Å²) in [5.74, 6) is -0.584. The van der Waals surface area contributed by atoms with E-state index in [-0.39, 0.29) is 23.1 Å². The number of amides is 2. The number of piperidine rings is 1. The van der Waals surface area contributed by atoms with Crippen molar-refractivity contribution in [2.75, 3.05) is 18.4 Å². The predicted octanol–water partition coefficient (Wildman–Crippen LogP) is 1.58. The number of fused-ring (bicyclic) bond motifs is 1. The second-order valence-electron chi connectivity index (χ2n) is 7.04. The first-order valence-corrected chi connectivity index (χ1v) is 9.20. The number of rotatable bonds is 3. The Morgan fingerprint density at radius 3 is 2.74 bits per heavy atom. The number of hydrogen-bond acceptors (Lipinski definition) is 4. The van der Waals surface area contributed by atoms with Gasteiger partial charge in [0.15, 0.2) is 0 Å². The van der Waals surface area contributed by atoms with Gasteiger partial charge in [-0.15, -0.1) is 0 Å². The second-order valence-corrected chi connectivity index (χ2v) is 7.04. The molecule has 0 bridgehead atoms. The van der Waals surface area contributed by atoms with Crippen molar-refractivity contribution in [3.05, 3.63) is 63.1 Å². The van der Waals surface area contributed by atoms with Crippen molar-refractivity contribution in [2.24, 2.45) is 0 Å². The molecule has 1 fully saturated rings. The van der Waals surface area contributed by atoms with Crippen molar-refractivity contribution in [3.63, 3.8) is 0 Å². The van der Waals surface area contributed by atoms with Gasteiger partial charge in [0.1, 0.15) is 5.56 Å². The molecular formula is C20H22N4O3. The number of nitrogens with one attached hydrogen (secondary N) is 3. The molecule has 7 nitrogen and oxygen atoms in total. The Kier molecular flexibility index (Phi) is 4.53. The van der Waals surface area contributed by atoms with Crippen molar-refractivity contribution in [1.29, 1.82) is 0 Å². The van der Waals surface area contributed by atoms with E-state index in [4.69, 9.17) is 0 Å². The van der Waals surface area contributed by atoms with Crippen LogP contribution in [0.25, 0.3) is 0 Å². The van der Waals surface area contributed by atoms with Gasteiger partial charge in [0.25, 0.3) is 17.4 Å². The summed E-state index contributed by atoms with van der Waals surface area (Å²) in [4.78, 5) is 37.8. The maximum atomic E-state index is 13.0. The number of aromatic nitrogens is 1. The summed E-state index contributed by atoms with van der Waals surface area (Å²) in [5.41, 5.74) is 2.41. The first-order chi connectivity index (χ1) is 13.1. The number of benzene rings is 1. The van der Waals surface area contributed by atoms with Crippen molar-refractivity contribution in [2.45, 2.75) is 32.4 Å². The highest BCUT2D eigenvalue weighted by Crippen LogP contribution is 2.25. The molecule has 0 atom stereocenters. The molecule has 0 saturated carbocycles. The highest BCUT2D eigenvalue weighted by molar-refractivity contribution is 6.07. The van der Waals surface area contributed by atoms with E-state index in [1.165, 1.54) is 0 Å². The maximum Gasteiger partial charge on any atom is 0.263 e. The van der Waals surface area contributed by atoms with Gasteiger partial charge in [0.2, 0.25) is 0 Å². The van der Waals surface area contributed by atoms with Gasteiger partial charge < -0.3 is 20.5 Å². The van der Waals surface area contributed by atoms with Crippen molar-refractivity contribution in [3.8, 4) is 0 Å². The van der Waals surface area contributed by atoms with Gasteiger partial charge in [-0.2, -0.15) is 0 Å². The van der Waals surface area contributed by atoms with E-state index in [2.05, 4.69) is 16.0 Å². The van der Waals surface area contributed by atoms with Crippen LogP contribution in [-0.2, 0) is 6.54 Å². The Morgan fingerprint density at radius 1 is 1.19 bits per heavy atom. The highest BCUT2D eigenvalue weighted by Gasteiger charge is 2.25. The third kappa shape index (κ3) is 3.14. The number of pyridine rings is 1. The molecule has 1 aromatic carbocycles. The van der Waals surface area contributed by atoms with E-state index in [9.17, 15) is 14.4 Å². The summed E-state index contributed by atoms with van der Waals surface area (Å²) in [6.45, 7) is 3.87. The molecule has 3 N–H and O–H groups in total. The normalized spacial score (nSPS) is 16.7. The van der Waals surface area contributed by atoms with Gasteiger partial charge in [-0.05, 0) is 56.6 Å². The van der Waals surface area contributed by atoms with Crippen LogP contribution < -0.4 is 21.5 Å². The topological polar surface area (TPSA) is 92.2 Å². The Labute approximate surface area is 156 Å². The minimum absolute atomic E-state index is 0.105. The number of hydrogen-bond donors (Lipinski definition) is 3. The number of anilines is 1. The molecule has 0 unspecified atom stereocenters. The average Bonchev–Trinajstić information content (AvgIpc) is 3.05. The van der Waals surface area contributed by atoms with E-state index in [1.54, 1.807) is 35.9 Å². The molecule has 2 aromatic rings. The van der Waals surface area contributed by atoms with Crippen LogP contribution >= 0.6 is 0 Å². The van der Waals surface area contributed by atoms with Crippen molar-refractivity contribution >= 4 is 17.5 Å². The fourth-order valence-corrected chi connectivity index (χ4v) is 3.85. The summed E-state index contributed by atoms with van der Waals surface area (Å²) >= 11 is 0. The van der Waals surface area contributed by atoms with Crippen molar-refractivity contribution < 1.29 is 9.59 Å². The molecule has 2 aliphatic rings. The first-order valence-electron chi connectivity index (χ1n) is 9.20. The van der Waals surface area contributed by atoms with Crippen LogP contribution in [0.4, 0.5) is 5.69 Å². The zero-order chi connectivity index (χ0) is 19.0. The Balaban J connectivity index is 1.67. The molecule has 3 heterocycles. The summed E-state index contributed by atoms with van der Waals surface area (Å²) in [6.07, 6.45) is 3.52. The van der Waals surface area contributed by atoms with Crippen LogP contribution in [0.5, 0.6) is 0 Å². The van der Waals surface area contributed by atoms with E-state index in [1.807, 2.05) is 6.07 Å². The molecule has 2 aliphatic heterocycles. The molecule has 0 radical (unpaired) electrons. The largest absolute Gasteiger partial charge is 0.348 e. The second kappa shape index (κ2) is 7.00. The van der Waals surface area contributed by atoms with Crippen LogP contribution in [0.15, 0.2) is 35.3 Å². The quantitative estimate of drug-likeness (QED) is 0.769. The fraction of sp³-hybridized carbons (Fsp3) is 0.350. The zero-order valence-corrected chi connectivity index (χ0v) is 15.2. The third-order valence-corrected chi connectivity index (χ3v) is 5.35. The van der Waals surface area contributed by atoms with Gasteiger partial charge in [-0.3, -0.25) is 14.4 Å². The van der Waals surface area contributed by atoms with Crippen LogP contribution in [0.2, 0.25) is 0 Å². The van der Waals surface area contributed by atoms with Crippen LogP contribution in [0.1, 0.15) is 50.7 Å². The average molecular weight is 366 g/mol. The van der Waals surface area contributed by atoms with Crippen LogP contribution in [-0.4, -0.2) is 29.5 Å². The fourth-order valence-electron chi connectivity index (χ4n) is 3.85. The third-order valence-electron chi connectivity index (χ3n) is 5.35. The van der Waals surface area contributed by atoms with Crippen LogP contribution in [0.3, 0.4) is 0 Å². The molecule has 0 aliphatic carbocycles. The lowest BCUT2D eigenvalue weighted by Gasteiger charge is -2.25. The van der Waals surface area contributed by atoms with E-state index in [0.717, 1.165) is 31.5 Å². The van der Waals surface area contributed by atoms with E-state index < -0.39 is 5.91 Å². The molecule has 27 heavy (non-hydrogen) atoms. The smallest absolute Gasteiger partial charge is 0.263 e. The summed E-state index contributed by atoms with van der Waals surface area (Å²) < 4.78 is 1.68. The number of nitrogens with zero attached hydrogens (tertiary/aromatic N) is 1. The zero-order valence-electron chi connectivity index (χ0n) is 15.2. The minimum atomic E-state index is -0.437. The number of carbonyl (C=O) groups is 2. The van der Waals surface area contributed by atoms with Crippen LogP contribution in [0, 0.1) is 6.92 Å². The Hall–Kier alpha value is -2.93. The number of aryl methyl sites for hydroxylation is 1. The minimum Gasteiger partial charge on any atom is -0.348 e. The van der Waals surface area contributed by atoms with Gasteiger partial charge in [-0.25, -0.2) is 0 Å². The SMILES string of the molecule is Cc1ccn(C2CCNCC2)c(=O)c1C(=O)Nc1cccc2c1CNC2=O. The summed E-state index contributed by atoms with van der Waals surface area (Å²) in [5, 5.41) is 8.87. The first kappa shape index (κ1) is 17.5. The van der Waals surface area contributed by atoms with Crippen molar-refractivity contribution in [1.82, 2.24) is 15.2 Å². The van der Waals surface area contributed by atoms with Gasteiger partial charge >= 0.3 is 0 Å². The van der Waals surface area contributed by atoms with Gasteiger partial charge in [0, 0.05) is 35.6 Å². The molecule has 2 amide bonds. The highest BCUT2D eigenvalue weighted by atomic mass is 16.2. The lowest BCUT2D eigenvalue weighted by Crippen LogP contribution is -2.37. The summed E-state index contributed by atoms with van der Waals surface area (Å²) in [6, 6.07) is 7.13. The standard InChI is InChI=1S/C20H22N4O3/c1-12-7-10-24(13-5-8-21-9-6-13)20(27)17(12)19(26)23-16-4-2-3-14-15(16)11-22-18(14)25/h2-4,7,10,13,21H,5-6,8-9,11H2,1H3,(H,22,25)(H,23,26). The molecule has 4 rings (SSSR count). The molecule has 140 valence electrons. The van der Waals surface area contributed by atoms with E-state index >= 15 is 0 Å². The monoisotopic (exact) mass is 366 g/mol. The molecule has 1 aromatic heterocycles. The molecule has 1 saturated heterocycles. The molecule has 0 spiro atoms. The number of carbonyl (C=O) groups excluding carboxylic acids is 2. The summed E-state index contributed by atoms with van der Waals surface area (Å²) in [7, 11) is 0. The Morgan fingerprint density at radius 2 is 1.96 bits per heavy atom. The van der Waals surface area contributed by atoms with E-state index in [0.29, 0.717) is 23.4 Å². The molecular weight excluding hydrogens is 344 g/mol. The lowest BCUT2D eigenvalue weighted by atomic mass is 10.0. The lowest BCUT2D eigenvalue weighted by molar-refractivity contribution is 0.0964. The predicted molar refractivity (Wildman–Crippen MR) is 102 cm³/mol. The van der Waals surface area contributed by atoms with Gasteiger partial charge in [-0.1, -0.05) is 6.07 Å². The maximum absolute atomic E-state index is 13.0. The Bertz CT molecular complexity index is 974. The molecule has 7 heteroatoms.